The Bertz CT molecular complexity index is 949. The Morgan fingerprint density at radius 3 is 2.78 bits per heavy atom. The zero-order chi connectivity index (χ0) is 19.4. The number of carbonyl (C=O) groups is 2. The highest BCUT2D eigenvalue weighted by Gasteiger charge is 2.32. The molecule has 1 fully saturated rings. The molecule has 3 rings (SSSR count). The minimum Gasteiger partial charge on any atom is -0.326 e. The van der Waals surface area contributed by atoms with Gasteiger partial charge in [-0.15, -0.1) is 0 Å². The van der Waals surface area contributed by atoms with Crippen LogP contribution >= 0.6 is 35.6 Å². The summed E-state index contributed by atoms with van der Waals surface area (Å²) in [6, 6.07) is 12.8. The molecule has 1 heterocycles. The van der Waals surface area contributed by atoms with Gasteiger partial charge in [0.1, 0.15) is 10.1 Å². The largest absolute Gasteiger partial charge is 0.326 e. The van der Waals surface area contributed by atoms with Crippen LogP contribution in [0.2, 0.25) is 5.02 Å². The third-order valence-electron chi connectivity index (χ3n) is 3.74. The zero-order valence-corrected chi connectivity index (χ0v) is 16.3. The minimum atomic E-state index is -0.436. The fourth-order valence-corrected chi connectivity index (χ4v) is 3.92. The second kappa shape index (κ2) is 8.65. The summed E-state index contributed by atoms with van der Waals surface area (Å²) in [5.41, 5.74) is 1.09. The van der Waals surface area contributed by atoms with Gasteiger partial charge in [0.15, 0.2) is 0 Å². The van der Waals surface area contributed by atoms with Crippen molar-refractivity contribution < 1.29 is 14.0 Å². The summed E-state index contributed by atoms with van der Waals surface area (Å²) >= 11 is 12.6. The van der Waals surface area contributed by atoms with Gasteiger partial charge < -0.3 is 5.32 Å². The van der Waals surface area contributed by atoms with E-state index in [1.807, 2.05) is 12.1 Å². The predicted octanol–water partition coefficient (Wildman–Crippen LogP) is 4.71. The number of rotatable bonds is 5. The molecule has 0 aromatic heterocycles. The number of thioether (sulfide) groups is 1. The normalized spacial score (nSPS) is 15.5. The molecule has 27 heavy (non-hydrogen) atoms. The van der Waals surface area contributed by atoms with Crippen LogP contribution < -0.4 is 5.32 Å². The number of carbonyl (C=O) groups excluding carboxylic acids is 2. The fourth-order valence-electron chi connectivity index (χ4n) is 2.43. The number of anilines is 1. The lowest BCUT2D eigenvalue weighted by molar-refractivity contribution is -0.122. The maximum atomic E-state index is 13.2. The second-order valence-corrected chi connectivity index (χ2v) is 7.75. The smallest absolute Gasteiger partial charge is 0.266 e. The lowest BCUT2D eigenvalue weighted by Crippen LogP contribution is -2.31. The van der Waals surface area contributed by atoms with Gasteiger partial charge in [-0.3, -0.25) is 14.5 Å². The number of hydrogen-bond acceptors (Lipinski definition) is 4. The van der Waals surface area contributed by atoms with Crippen LogP contribution in [-0.2, 0) is 9.59 Å². The molecule has 0 spiro atoms. The fraction of sp³-hybridized carbons (Fsp3) is 0.105. The summed E-state index contributed by atoms with van der Waals surface area (Å²) in [6.07, 6.45) is 1.73. The molecule has 1 saturated heterocycles. The van der Waals surface area contributed by atoms with Gasteiger partial charge in [-0.2, -0.15) is 0 Å². The number of nitrogens with zero attached hydrogens (tertiary/aromatic N) is 1. The van der Waals surface area contributed by atoms with Crippen LogP contribution in [0.25, 0.3) is 6.08 Å². The maximum Gasteiger partial charge on any atom is 0.266 e. The van der Waals surface area contributed by atoms with E-state index in [2.05, 4.69) is 5.32 Å². The summed E-state index contributed by atoms with van der Waals surface area (Å²) in [6.45, 7) is 0.145. The molecule has 1 aliphatic heterocycles. The molecular weight excluding hydrogens is 407 g/mol. The van der Waals surface area contributed by atoms with Crippen LogP contribution in [0.4, 0.5) is 10.1 Å². The van der Waals surface area contributed by atoms with Crippen molar-refractivity contribution in [3.63, 3.8) is 0 Å². The van der Waals surface area contributed by atoms with Crippen molar-refractivity contribution in [2.75, 3.05) is 11.9 Å². The molecule has 2 aromatic rings. The molecule has 0 atom stereocenters. The van der Waals surface area contributed by atoms with E-state index < -0.39 is 5.82 Å². The molecule has 0 unspecified atom stereocenters. The van der Waals surface area contributed by atoms with Crippen molar-refractivity contribution >= 4 is 63.5 Å². The Balaban J connectivity index is 1.62. The molecule has 0 radical (unpaired) electrons. The van der Waals surface area contributed by atoms with Crippen molar-refractivity contribution in [2.45, 2.75) is 6.42 Å². The number of benzene rings is 2. The summed E-state index contributed by atoms with van der Waals surface area (Å²) < 4.78 is 13.5. The molecule has 0 aliphatic carbocycles. The van der Waals surface area contributed by atoms with E-state index in [4.69, 9.17) is 23.8 Å². The molecule has 138 valence electrons. The van der Waals surface area contributed by atoms with Crippen LogP contribution in [0.1, 0.15) is 12.0 Å². The molecule has 1 aliphatic rings. The Kier molecular flexibility index (Phi) is 6.26. The van der Waals surface area contributed by atoms with Crippen LogP contribution in [0.15, 0.2) is 53.4 Å². The molecular formula is C19H14ClFN2O2S2. The third kappa shape index (κ3) is 4.94. The first kappa shape index (κ1) is 19.5. The van der Waals surface area contributed by atoms with Crippen molar-refractivity contribution in [3.05, 3.63) is 69.8 Å². The molecule has 2 aromatic carbocycles. The summed E-state index contributed by atoms with van der Waals surface area (Å²) in [7, 11) is 0. The molecule has 1 N–H and O–H groups in total. The van der Waals surface area contributed by atoms with Crippen LogP contribution in [0.3, 0.4) is 0 Å². The van der Waals surface area contributed by atoms with Crippen molar-refractivity contribution in [2.24, 2.45) is 0 Å². The van der Waals surface area contributed by atoms with Crippen molar-refractivity contribution in [1.29, 1.82) is 0 Å². The van der Waals surface area contributed by atoms with Gasteiger partial charge in [0.25, 0.3) is 5.91 Å². The lowest BCUT2D eigenvalue weighted by atomic mass is 10.2. The summed E-state index contributed by atoms with van der Waals surface area (Å²) in [5.74, 6) is -1.03. The lowest BCUT2D eigenvalue weighted by Gasteiger charge is -2.14. The van der Waals surface area contributed by atoms with Crippen molar-refractivity contribution in [1.82, 2.24) is 4.90 Å². The van der Waals surface area contributed by atoms with Crippen LogP contribution in [0, 0.1) is 5.82 Å². The molecule has 2 amide bonds. The van der Waals surface area contributed by atoms with Gasteiger partial charge in [0.05, 0.1) is 4.91 Å². The van der Waals surface area contributed by atoms with Crippen LogP contribution in [-0.4, -0.2) is 27.6 Å². The molecule has 8 heteroatoms. The van der Waals surface area contributed by atoms with E-state index in [1.165, 1.54) is 34.9 Å². The Morgan fingerprint density at radius 2 is 2.04 bits per heavy atom. The van der Waals surface area contributed by atoms with Crippen LogP contribution in [0.5, 0.6) is 0 Å². The SMILES string of the molecule is O=C(CCN1C(=O)/C(=C/c2ccccc2Cl)SC1=S)Nc1cccc(F)c1. The Morgan fingerprint density at radius 1 is 1.26 bits per heavy atom. The average molecular weight is 421 g/mol. The van der Waals surface area contributed by atoms with E-state index in [9.17, 15) is 14.0 Å². The molecule has 4 nitrogen and oxygen atoms in total. The van der Waals surface area contributed by atoms with E-state index >= 15 is 0 Å². The van der Waals surface area contributed by atoms with Crippen molar-refractivity contribution in [3.8, 4) is 0 Å². The number of nitrogens with one attached hydrogen (secondary N) is 1. The third-order valence-corrected chi connectivity index (χ3v) is 5.46. The standard InChI is InChI=1S/C19H14ClFN2O2S2/c20-15-7-2-1-4-12(15)10-16-18(25)23(19(26)27-16)9-8-17(24)22-14-6-3-5-13(21)11-14/h1-7,10-11H,8-9H2,(H,22,24)/b16-10-. The second-order valence-electron chi connectivity index (χ2n) is 5.66. The van der Waals surface area contributed by atoms with Gasteiger partial charge in [0.2, 0.25) is 5.91 Å². The van der Waals surface area contributed by atoms with E-state index in [-0.39, 0.29) is 24.8 Å². The monoisotopic (exact) mass is 420 g/mol. The van der Waals surface area contributed by atoms with Gasteiger partial charge in [-0.05, 0) is 35.9 Å². The molecule has 0 bridgehead atoms. The van der Waals surface area contributed by atoms with Gasteiger partial charge in [0, 0.05) is 23.7 Å². The van der Waals surface area contributed by atoms with Gasteiger partial charge in [-0.25, -0.2) is 4.39 Å². The predicted molar refractivity (Wildman–Crippen MR) is 111 cm³/mol. The highest BCUT2D eigenvalue weighted by molar-refractivity contribution is 8.26. The first-order chi connectivity index (χ1) is 12.9. The number of amides is 2. The Hall–Kier alpha value is -2.22. The topological polar surface area (TPSA) is 49.4 Å². The first-order valence-corrected chi connectivity index (χ1v) is 9.59. The number of thiocarbonyl (C=S) groups is 1. The number of hydrogen-bond donors (Lipinski definition) is 1. The maximum absolute atomic E-state index is 13.2. The summed E-state index contributed by atoms with van der Waals surface area (Å²) in [5, 5.41) is 3.13. The first-order valence-electron chi connectivity index (χ1n) is 7.99. The average Bonchev–Trinajstić information content (AvgIpc) is 2.88. The van der Waals surface area contributed by atoms with E-state index in [0.717, 1.165) is 5.56 Å². The van der Waals surface area contributed by atoms with Gasteiger partial charge >= 0.3 is 0 Å². The summed E-state index contributed by atoms with van der Waals surface area (Å²) in [4.78, 5) is 26.5. The van der Waals surface area contributed by atoms with Gasteiger partial charge in [-0.1, -0.05) is 59.8 Å². The minimum absolute atomic E-state index is 0.0440. The number of halogens is 2. The Labute approximate surface area is 170 Å². The highest BCUT2D eigenvalue weighted by Crippen LogP contribution is 2.33. The zero-order valence-electron chi connectivity index (χ0n) is 13.9. The highest BCUT2D eigenvalue weighted by atomic mass is 35.5. The quantitative estimate of drug-likeness (QED) is 0.562. The molecule has 0 saturated carbocycles. The van der Waals surface area contributed by atoms with E-state index in [1.54, 1.807) is 24.3 Å². The van der Waals surface area contributed by atoms with E-state index in [0.29, 0.717) is 19.9 Å².